The minimum atomic E-state index is -3.37. The third-order valence-electron chi connectivity index (χ3n) is 4.12. The van der Waals surface area contributed by atoms with Crippen LogP contribution in [0.2, 0.25) is 0 Å². The van der Waals surface area contributed by atoms with Gasteiger partial charge >= 0.3 is 0 Å². The lowest BCUT2D eigenvalue weighted by molar-refractivity contribution is 0.265. The molecule has 5 nitrogen and oxygen atoms in total. The van der Waals surface area contributed by atoms with Crippen molar-refractivity contribution < 1.29 is 13.2 Å². The summed E-state index contributed by atoms with van der Waals surface area (Å²) in [6, 6.07) is 7.94. The Balaban J connectivity index is 1.86. The highest BCUT2D eigenvalue weighted by Crippen LogP contribution is 2.19. The first-order valence-corrected chi connectivity index (χ1v) is 9.95. The highest BCUT2D eigenvalue weighted by atomic mass is 32.2. The molecule has 1 unspecified atom stereocenters. The van der Waals surface area contributed by atoms with Gasteiger partial charge in [0.15, 0.2) is 0 Å². The zero-order valence-electron chi connectivity index (χ0n) is 14.1. The molecule has 1 saturated heterocycles. The van der Waals surface area contributed by atoms with E-state index >= 15 is 0 Å². The molecule has 1 fully saturated rings. The minimum absolute atomic E-state index is 0.0898. The fourth-order valence-corrected chi connectivity index (χ4v) is 4.32. The van der Waals surface area contributed by atoms with Gasteiger partial charge in [0.2, 0.25) is 0 Å². The molecule has 0 bridgehead atoms. The van der Waals surface area contributed by atoms with Crippen LogP contribution in [0.4, 0.5) is 0 Å². The predicted octanol–water partition coefficient (Wildman–Crippen LogP) is 2.73. The lowest BCUT2D eigenvalue weighted by Crippen LogP contribution is -2.48. The Hall–Kier alpha value is -1.11. The molecule has 1 aromatic carbocycles. The first-order valence-electron chi connectivity index (χ1n) is 8.51. The van der Waals surface area contributed by atoms with Crippen molar-refractivity contribution in [3.05, 3.63) is 29.8 Å². The van der Waals surface area contributed by atoms with Crippen molar-refractivity contribution in [2.75, 3.05) is 19.7 Å². The normalized spacial score (nSPS) is 19.7. The van der Waals surface area contributed by atoms with Gasteiger partial charge in [-0.3, -0.25) is 0 Å². The highest BCUT2D eigenvalue weighted by molar-refractivity contribution is 7.87. The van der Waals surface area contributed by atoms with Crippen molar-refractivity contribution in [2.45, 2.75) is 52.0 Å². The maximum Gasteiger partial charge on any atom is 0.279 e. The summed E-state index contributed by atoms with van der Waals surface area (Å²) in [4.78, 5) is 0. The molecule has 1 aliphatic heterocycles. The molecular formula is C17H28N2O3S. The number of nitrogens with zero attached hydrogens (tertiary/aromatic N) is 1. The topological polar surface area (TPSA) is 58.6 Å². The Bertz CT molecular complexity index is 589. The molecule has 1 atom stereocenters. The minimum Gasteiger partial charge on any atom is -0.494 e. The summed E-state index contributed by atoms with van der Waals surface area (Å²) in [5, 5.41) is 0. The standard InChI is InChI=1S/C17H28N2O3S/c1-3-13-22-17-9-6-8-16(14-17)10-11-18-23(20,21)19-12-5-4-7-15(19)2/h6,8-9,14-15,18H,3-5,7,10-13H2,1-2H3. The van der Waals surface area contributed by atoms with E-state index in [1.54, 1.807) is 4.31 Å². The van der Waals surface area contributed by atoms with Crippen molar-refractivity contribution in [3.8, 4) is 5.75 Å². The van der Waals surface area contributed by atoms with Gasteiger partial charge < -0.3 is 4.74 Å². The van der Waals surface area contributed by atoms with Crippen LogP contribution in [0.1, 0.15) is 45.1 Å². The smallest absolute Gasteiger partial charge is 0.279 e. The Morgan fingerprint density at radius 1 is 1.35 bits per heavy atom. The van der Waals surface area contributed by atoms with Gasteiger partial charge in [-0.05, 0) is 50.3 Å². The van der Waals surface area contributed by atoms with E-state index in [1.807, 2.05) is 31.2 Å². The van der Waals surface area contributed by atoms with E-state index in [4.69, 9.17) is 4.74 Å². The van der Waals surface area contributed by atoms with Gasteiger partial charge in [0.25, 0.3) is 10.2 Å². The molecule has 0 aromatic heterocycles. The summed E-state index contributed by atoms with van der Waals surface area (Å²) >= 11 is 0. The fraction of sp³-hybridized carbons (Fsp3) is 0.647. The summed E-state index contributed by atoms with van der Waals surface area (Å²) in [5.74, 6) is 0.844. The Kier molecular flexibility index (Phi) is 6.87. The molecule has 0 spiro atoms. The van der Waals surface area contributed by atoms with Crippen LogP contribution < -0.4 is 9.46 Å². The molecular weight excluding hydrogens is 312 g/mol. The summed E-state index contributed by atoms with van der Waals surface area (Å²) in [7, 11) is -3.37. The quantitative estimate of drug-likeness (QED) is 0.791. The molecule has 23 heavy (non-hydrogen) atoms. The van der Waals surface area contributed by atoms with Crippen molar-refractivity contribution in [1.82, 2.24) is 9.03 Å². The first-order chi connectivity index (χ1) is 11.0. The summed E-state index contributed by atoms with van der Waals surface area (Å²) < 4.78 is 34.7. The largest absolute Gasteiger partial charge is 0.494 e. The SMILES string of the molecule is CCCOc1cccc(CCNS(=O)(=O)N2CCCCC2C)c1. The van der Waals surface area contributed by atoms with Crippen molar-refractivity contribution in [3.63, 3.8) is 0 Å². The zero-order valence-corrected chi connectivity index (χ0v) is 14.9. The number of hydrogen-bond acceptors (Lipinski definition) is 3. The van der Waals surface area contributed by atoms with Crippen molar-refractivity contribution in [2.24, 2.45) is 0 Å². The Labute approximate surface area is 140 Å². The van der Waals surface area contributed by atoms with E-state index in [-0.39, 0.29) is 6.04 Å². The Morgan fingerprint density at radius 2 is 2.17 bits per heavy atom. The van der Waals surface area contributed by atoms with Crippen LogP contribution >= 0.6 is 0 Å². The van der Waals surface area contributed by atoms with E-state index in [0.29, 0.717) is 26.1 Å². The lowest BCUT2D eigenvalue weighted by Gasteiger charge is -2.32. The van der Waals surface area contributed by atoms with Crippen LogP contribution in [0.25, 0.3) is 0 Å². The van der Waals surface area contributed by atoms with Gasteiger partial charge in [0.05, 0.1) is 6.61 Å². The summed E-state index contributed by atoms with van der Waals surface area (Å²) in [6.07, 6.45) is 4.63. The molecule has 2 rings (SSSR count). The predicted molar refractivity (Wildman–Crippen MR) is 92.9 cm³/mol. The van der Waals surface area contributed by atoms with Crippen LogP contribution in [0.5, 0.6) is 5.75 Å². The lowest BCUT2D eigenvalue weighted by atomic mass is 10.1. The number of ether oxygens (including phenoxy) is 1. The summed E-state index contributed by atoms with van der Waals surface area (Å²) in [6.45, 7) is 5.77. The maximum atomic E-state index is 12.4. The number of hydrogen-bond donors (Lipinski definition) is 1. The third-order valence-corrected chi connectivity index (χ3v) is 5.85. The van der Waals surface area contributed by atoms with E-state index in [1.165, 1.54) is 0 Å². The second-order valence-electron chi connectivity index (χ2n) is 6.10. The zero-order chi connectivity index (χ0) is 16.7. The number of piperidine rings is 1. The van der Waals surface area contributed by atoms with Gasteiger partial charge in [-0.1, -0.05) is 25.5 Å². The van der Waals surface area contributed by atoms with E-state index in [0.717, 1.165) is 37.0 Å². The highest BCUT2D eigenvalue weighted by Gasteiger charge is 2.28. The van der Waals surface area contributed by atoms with Gasteiger partial charge in [0.1, 0.15) is 5.75 Å². The summed E-state index contributed by atoms with van der Waals surface area (Å²) in [5.41, 5.74) is 1.08. The van der Waals surface area contributed by atoms with Crippen LogP contribution in [0, 0.1) is 0 Å². The van der Waals surface area contributed by atoms with Crippen LogP contribution in [0.3, 0.4) is 0 Å². The van der Waals surface area contributed by atoms with Gasteiger partial charge in [-0.15, -0.1) is 0 Å². The maximum absolute atomic E-state index is 12.4. The second kappa shape index (κ2) is 8.66. The van der Waals surface area contributed by atoms with Gasteiger partial charge in [0, 0.05) is 19.1 Å². The fourth-order valence-electron chi connectivity index (χ4n) is 2.85. The second-order valence-corrected chi connectivity index (χ2v) is 7.81. The molecule has 0 radical (unpaired) electrons. The molecule has 0 aliphatic carbocycles. The molecule has 0 amide bonds. The van der Waals surface area contributed by atoms with Crippen molar-refractivity contribution >= 4 is 10.2 Å². The number of nitrogens with one attached hydrogen (secondary N) is 1. The molecule has 1 heterocycles. The monoisotopic (exact) mass is 340 g/mol. The number of benzene rings is 1. The van der Waals surface area contributed by atoms with Crippen molar-refractivity contribution in [1.29, 1.82) is 0 Å². The third kappa shape index (κ3) is 5.48. The van der Waals surface area contributed by atoms with E-state index in [2.05, 4.69) is 11.6 Å². The number of rotatable bonds is 8. The van der Waals surface area contributed by atoms with Crippen LogP contribution in [-0.2, 0) is 16.6 Å². The van der Waals surface area contributed by atoms with Crippen LogP contribution in [0.15, 0.2) is 24.3 Å². The molecule has 6 heteroatoms. The van der Waals surface area contributed by atoms with Gasteiger partial charge in [-0.2, -0.15) is 12.7 Å². The molecule has 0 saturated carbocycles. The molecule has 1 N–H and O–H groups in total. The average molecular weight is 340 g/mol. The average Bonchev–Trinajstić information content (AvgIpc) is 2.53. The molecule has 1 aliphatic rings. The molecule has 1 aromatic rings. The van der Waals surface area contributed by atoms with Crippen LogP contribution in [-0.4, -0.2) is 38.5 Å². The first kappa shape index (κ1) is 18.2. The Morgan fingerprint density at radius 3 is 2.91 bits per heavy atom. The molecule has 130 valence electrons. The van der Waals surface area contributed by atoms with E-state index < -0.39 is 10.2 Å². The van der Waals surface area contributed by atoms with Gasteiger partial charge in [-0.25, -0.2) is 4.72 Å². The van der Waals surface area contributed by atoms with E-state index in [9.17, 15) is 8.42 Å².